The predicted octanol–water partition coefficient (Wildman–Crippen LogP) is 1.29. The molecule has 5 heteroatoms. The molecule has 80 valence electrons. The molecule has 0 unspecified atom stereocenters. The standard InChI is InChI=1S/C9H13NO3.ClH/c1-12-8-4-6(5-10)3-7(11)9(8)13-2;/h3-4,11H,5,10H2,1-2H3;1H. The van der Waals surface area contributed by atoms with E-state index in [0.29, 0.717) is 18.0 Å². The third-order valence-electron chi connectivity index (χ3n) is 1.75. The smallest absolute Gasteiger partial charge is 0.203 e. The Balaban J connectivity index is 0.00000169. The maximum absolute atomic E-state index is 9.47. The molecule has 0 bridgehead atoms. The van der Waals surface area contributed by atoms with Gasteiger partial charge in [0.15, 0.2) is 11.5 Å². The summed E-state index contributed by atoms with van der Waals surface area (Å²) in [5.41, 5.74) is 6.23. The van der Waals surface area contributed by atoms with Crippen LogP contribution in [0.15, 0.2) is 12.1 Å². The summed E-state index contributed by atoms with van der Waals surface area (Å²) in [4.78, 5) is 0. The molecule has 14 heavy (non-hydrogen) atoms. The minimum absolute atomic E-state index is 0. The summed E-state index contributed by atoms with van der Waals surface area (Å²) in [6.07, 6.45) is 0. The maximum atomic E-state index is 9.47. The largest absolute Gasteiger partial charge is 0.504 e. The van der Waals surface area contributed by atoms with Crippen molar-refractivity contribution in [2.75, 3.05) is 14.2 Å². The van der Waals surface area contributed by atoms with Crippen molar-refractivity contribution in [1.29, 1.82) is 0 Å². The van der Waals surface area contributed by atoms with E-state index >= 15 is 0 Å². The monoisotopic (exact) mass is 219 g/mol. The first kappa shape index (κ1) is 12.9. The van der Waals surface area contributed by atoms with Gasteiger partial charge in [-0.25, -0.2) is 0 Å². The van der Waals surface area contributed by atoms with Gasteiger partial charge < -0.3 is 20.3 Å². The van der Waals surface area contributed by atoms with Crippen molar-refractivity contribution in [2.24, 2.45) is 5.73 Å². The molecule has 0 aromatic heterocycles. The minimum atomic E-state index is 0. The van der Waals surface area contributed by atoms with Gasteiger partial charge in [-0.1, -0.05) is 0 Å². The lowest BCUT2D eigenvalue weighted by Crippen LogP contribution is -1.98. The van der Waals surface area contributed by atoms with Crippen LogP contribution < -0.4 is 15.2 Å². The van der Waals surface area contributed by atoms with Crippen LogP contribution in [0.25, 0.3) is 0 Å². The highest BCUT2D eigenvalue weighted by atomic mass is 35.5. The molecule has 1 rings (SSSR count). The van der Waals surface area contributed by atoms with Crippen LogP contribution in [0.2, 0.25) is 0 Å². The highest BCUT2D eigenvalue weighted by Crippen LogP contribution is 2.37. The van der Waals surface area contributed by atoms with E-state index in [-0.39, 0.29) is 18.2 Å². The number of phenols is 1. The lowest BCUT2D eigenvalue weighted by Gasteiger charge is -2.10. The van der Waals surface area contributed by atoms with Gasteiger partial charge in [0, 0.05) is 6.54 Å². The van der Waals surface area contributed by atoms with Crippen LogP contribution in [0.4, 0.5) is 0 Å². The van der Waals surface area contributed by atoms with Crippen LogP contribution in [0, 0.1) is 0 Å². The number of aromatic hydroxyl groups is 1. The first-order chi connectivity index (χ1) is 6.22. The van der Waals surface area contributed by atoms with Crippen molar-refractivity contribution in [3.05, 3.63) is 17.7 Å². The van der Waals surface area contributed by atoms with Crippen molar-refractivity contribution in [3.63, 3.8) is 0 Å². The van der Waals surface area contributed by atoms with E-state index in [0.717, 1.165) is 5.56 Å². The molecule has 0 heterocycles. The lowest BCUT2D eigenvalue weighted by molar-refractivity contribution is 0.332. The van der Waals surface area contributed by atoms with Gasteiger partial charge in [-0.15, -0.1) is 12.4 Å². The third kappa shape index (κ3) is 2.43. The molecule has 4 nitrogen and oxygen atoms in total. The van der Waals surface area contributed by atoms with Gasteiger partial charge in [0.2, 0.25) is 5.75 Å². The highest BCUT2D eigenvalue weighted by Gasteiger charge is 2.10. The van der Waals surface area contributed by atoms with E-state index in [9.17, 15) is 5.11 Å². The molecule has 3 N–H and O–H groups in total. The first-order valence-electron chi connectivity index (χ1n) is 3.86. The summed E-state index contributed by atoms with van der Waals surface area (Å²) in [5, 5.41) is 9.47. The van der Waals surface area contributed by atoms with E-state index in [1.807, 2.05) is 0 Å². The summed E-state index contributed by atoms with van der Waals surface area (Å²) >= 11 is 0. The van der Waals surface area contributed by atoms with Crippen molar-refractivity contribution in [1.82, 2.24) is 0 Å². The fourth-order valence-corrected chi connectivity index (χ4v) is 1.12. The number of hydrogen-bond acceptors (Lipinski definition) is 4. The molecule has 0 spiro atoms. The van der Waals surface area contributed by atoms with Crippen molar-refractivity contribution in [3.8, 4) is 17.2 Å². The van der Waals surface area contributed by atoms with Crippen LogP contribution in [-0.2, 0) is 6.54 Å². The molecule has 0 radical (unpaired) electrons. The fraction of sp³-hybridized carbons (Fsp3) is 0.333. The number of nitrogens with two attached hydrogens (primary N) is 1. The Morgan fingerprint density at radius 3 is 2.36 bits per heavy atom. The van der Waals surface area contributed by atoms with E-state index < -0.39 is 0 Å². The molecule has 0 amide bonds. The Labute approximate surface area is 89.0 Å². The molecule has 0 fully saturated rings. The number of hydrogen-bond donors (Lipinski definition) is 2. The molecule has 0 atom stereocenters. The second kappa shape index (κ2) is 5.57. The summed E-state index contributed by atoms with van der Waals surface area (Å²) in [6.45, 7) is 0.355. The average Bonchev–Trinajstić information content (AvgIpc) is 2.16. The Morgan fingerprint density at radius 2 is 1.93 bits per heavy atom. The molecule has 0 aliphatic rings. The Kier molecular flexibility index (Phi) is 5.12. The van der Waals surface area contributed by atoms with E-state index in [1.54, 1.807) is 12.1 Å². The van der Waals surface area contributed by atoms with Crippen molar-refractivity contribution in [2.45, 2.75) is 6.54 Å². The van der Waals surface area contributed by atoms with Crippen LogP contribution in [0.5, 0.6) is 17.2 Å². The summed E-state index contributed by atoms with van der Waals surface area (Å²) in [7, 11) is 2.98. The predicted molar refractivity (Wildman–Crippen MR) is 56.4 cm³/mol. The zero-order valence-corrected chi connectivity index (χ0v) is 8.93. The van der Waals surface area contributed by atoms with Gasteiger partial charge in [-0.2, -0.15) is 0 Å². The van der Waals surface area contributed by atoms with Crippen LogP contribution >= 0.6 is 12.4 Å². The number of halogens is 1. The zero-order chi connectivity index (χ0) is 9.84. The molecule has 1 aromatic rings. The second-order valence-electron chi connectivity index (χ2n) is 2.55. The van der Waals surface area contributed by atoms with E-state index in [4.69, 9.17) is 15.2 Å². The Morgan fingerprint density at radius 1 is 1.29 bits per heavy atom. The van der Waals surface area contributed by atoms with Crippen LogP contribution in [0.3, 0.4) is 0 Å². The number of benzene rings is 1. The van der Waals surface area contributed by atoms with Gasteiger partial charge in [-0.3, -0.25) is 0 Å². The van der Waals surface area contributed by atoms with E-state index in [1.165, 1.54) is 14.2 Å². The second-order valence-corrected chi connectivity index (χ2v) is 2.55. The van der Waals surface area contributed by atoms with Gasteiger partial charge in [0.25, 0.3) is 0 Å². The number of methoxy groups -OCH3 is 2. The van der Waals surface area contributed by atoms with E-state index in [2.05, 4.69) is 0 Å². The molecular weight excluding hydrogens is 206 g/mol. The van der Waals surface area contributed by atoms with Gasteiger partial charge in [-0.05, 0) is 17.7 Å². The summed E-state index contributed by atoms with van der Waals surface area (Å²) < 4.78 is 9.97. The maximum Gasteiger partial charge on any atom is 0.203 e. The van der Waals surface area contributed by atoms with Crippen molar-refractivity contribution >= 4 is 12.4 Å². The third-order valence-corrected chi connectivity index (χ3v) is 1.75. The topological polar surface area (TPSA) is 64.7 Å². The van der Waals surface area contributed by atoms with Crippen LogP contribution in [0.1, 0.15) is 5.56 Å². The van der Waals surface area contributed by atoms with Crippen molar-refractivity contribution < 1.29 is 14.6 Å². The number of rotatable bonds is 3. The normalized spacial score (nSPS) is 9.07. The SMILES string of the molecule is COc1cc(CN)cc(O)c1OC.Cl. The Bertz CT molecular complexity index is 304. The fourth-order valence-electron chi connectivity index (χ4n) is 1.12. The quantitative estimate of drug-likeness (QED) is 0.804. The molecule has 0 aliphatic heterocycles. The summed E-state index contributed by atoms with van der Waals surface area (Å²) in [6, 6.07) is 3.29. The lowest BCUT2D eigenvalue weighted by atomic mass is 10.2. The minimum Gasteiger partial charge on any atom is -0.504 e. The van der Waals surface area contributed by atoms with Gasteiger partial charge >= 0.3 is 0 Å². The molecule has 0 saturated heterocycles. The number of ether oxygens (including phenoxy) is 2. The molecule has 0 saturated carbocycles. The number of phenolic OH excluding ortho intramolecular Hbond substituents is 1. The molecular formula is C9H14ClNO3. The van der Waals surface area contributed by atoms with Gasteiger partial charge in [0.05, 0.1) is 14.2 Å². The molecule has 1 aromatic carbocycles. The summed E-state index contributed by atoms with van der Waals surface area (Å²) in [5.74, 6) is 0.866. The average molecular weight is 220 g/mol. The Hall–Kier alpha value is -1.13. The van der Waals surface area contributed by atoms with Crippen LogP contribution in [-0.4, -0.2) is 19.3 Å². The molecule has 0 aliphatic carbocycles. The first-order valence-corrected chi connectivity index (χ1v) is 3.86. The zero-order valence-electron chi connectivity index (χ0n) is 8.11. The highest BCUT2D eigenvalue weighted by molar-refractivity contribution is 5.85. The van der Waals surface area contributed by atoms with Gasteiger partial charge in [0.1, 0.15) is 0 Å².